The summed E-state index contributed by atoms with van der Waals surface area (Å²) >= 11 is 1.98. The third-order valence-corrected chi connectivity index (χ3v) is 13.5. The largest absolute Gasteiger partial charge is 0.508 e. The molecular weight excluding hydrogens is 887 g/mol. The molecule has 4 nitrogen and oxygen atoms in total. The molecule has 56 heavy (non-hydrogen) atoms. The molecule has 299 valence electrons. The van der Waals surface area contributed by atoms with Gasteiger partial charge in [-0.25, -0.2) is 0 Å². The maximum absolute atomic E-state index is 11.8. The topological polar surface area (TPSA) is 70.4 Å². The van der Waals surface area contributed by atoms with Crippen molar-refractivity contribution in [3.8, 4) is 11.3 Å². The van der Waals surface area contributed by atoms with Crippen molar-refractivity contribution in [1.82, 2.24) is 4.98 Å². The molecule has 2 N–H and O–H groups in total. The number of carbonyl (C=O) groups excluding carboxylic acids is 1. The molecule has 0 atom stereocenters. The van der Waals surface area contributed by atoms with Crippen molar-refractivity contribution in [1.29, 1.82) is 0 Å². The Kier molecular flexibility index (Phi) is 13.0. The van der Waals surface area contributed by atoms with E-state index in [1.165, 1.54) is 60.3 Å². The first-order chi connectivity index (χ1) is 26.0. The summed E-state index contributed by atoms with van der Waals surface area (Å²) in [4.78, 5) is 16.8. The first kappa shape index (κ1) is 43.5. The average Bonchev–Trinajstić information content (AvgIpc) is 3.52. The normalized spacial score (nSPS) is 15.4. The van der Waals surface area contributed by atoms with Gasteiger partial charge in [0.15, 0.2) is 5.76 Å². The zero-order valence-electron chi connectivity index (χ0n) is 35.2. The summed E-state index contributed by atoms with van der Waals surface area (Å²) in [6, 6.07) is 26.4. The number of aliphatic hydroxyl groups excluding tert-OH is 2. The van der Waals surface area contributed by atoms with E-state index in [0.717, 1.165) is 29.5 Å². The second kappa shape index (κ2) is 16.7. The molecule has 0 bridgehead atoms. The summed E-state index contributed by atoms with van der Waals surface area (Å²) in [5.74, 6) is -1.19. The van der Waals surface area contributed by atoms with Gasteiger partial charge in [-0.3, -0.25) is 9.78 Å². The van der Waals surface area contributed by atoms with E-state index in [1.807, 2.05) is 45.2 Å². The molecule has 6 heteroatoms. The van der Waals surface area contributed by atoms with Gasteiger partial charge in [-0.2, -0.15) is 0 Å². The van der Waals surface area contributed by atoms with Crippen LogP contribution in [0.1, 0.15) is 131 Å². The van der Waals surface area contributed by atoms with E-state index in [0.29, 0.717) is 12.8 Å². The molecule has 6 aromatic rings. The smallest absolute Gasteiger partial charge is 0.203 e. The molecule has 0 saturated heterocycles. The van der Waals surface area contributed by atoms with Gasteiger partial charge < -0.3 is 10.2 Å². The van der Waals surface area contributed by atoms with Gasteiger partial charge in [-0.15, -0.1) is 40.5 Å². The van der Waals surface area contributed by atoms with Crippen LogP contribution in [0.3, 0.4) is 0 Å². The zero-order valence-corrected chi connectivity index (χ0v) is 38.5. The van der Waals surface area contributed by atoms with Gasteiger partial charge in [0.1, 0.15) is 5.76 Å². The van der Waals surface area contributed by atoms with Crippen molar-refractivity contribution in [2.45, 2.75) is 131 Å². The summed E-state index contributed by atoms with van der Waals surface area (Å²) < 4.78 is 2.83. The summed E-state index contributed by atoms with van der Waals surface area (Å²) in [7, 11) is 0. The molecule has 0 unspecified atom stereocenters. The number of nitrogens with zero attached hydrogens (tertiary/aromatic N) is 1. The third kappa shape index (κ3) is 8.09. The van der Waals surface area contributed by atoms with Crippen molar-refractivity contribution < 1.29 is 35.1 Å². The Bertz CT molecular complexity index is 2420. The van der Waals surface area contributed by atoms with E-state index in [2.05, 4.69) is 115 Å². The van der Waals surface area contributed by atoms with E-state index in [9.17, 15) is 15.0 Å². The van der Waals surface area contributed by atoms with Crippen LogP contribution in [-0.2, 0) is 41.1 Å². The summed E-state index contributed by atoms with van der Waals surface area (Å²) in [6.45, 7) is 24.3. The summed E-state index contributed by atoms with van der Waals surface area (Å²) in [5, 5.41) is 27.1. The van der Waals surface area contributed by atoms with E-state index in [-0.39, 0.29) is 59.7 Å². The maximum Gasteiger partial charge on any atom is 0.203 e. The van der Waals surface area contributed by atoms with Crippen molar-refractivity contribution in [2.24, 2.45) is 11.8 Å². The van der Waals surface area contributed by atoms with Crippen LogP contribution in [0.4, 0.5) is 0 Å². The van der Waals surface area contributed by atoms with E-state index in [4.69, 9.17) is 4.98 Å². The molecule has 0 spiro atoms. The number of hydrogen-bond acceptors (Lipinski definition) is 5. The molecule has 0 aliphatic heterocycles. The zero-order chi connectivity index (χ0) is 40.0. The Hall–Kier alpha value is -3.57. The maximum atomic E-state index is 11.8. The molecule has 0 fully saturated rings. The number of allylic oxidation sites excluding steroid dienone is 2. The predicted molar refractivity (Wildman–Crippen MR) is 236 cm³/mol. The minimum atomic E-state index is -0.428. The van der Waals surface area contributed by atoms with Crippen LogP contribution in [-0.4, -0.2) is 21.0 Å². The molecule has 0 saturated carbocycles. The standard InChI is InChI=1S/C37H36NS.C13H24O3.Ir/c1-35(2,3)30-19-24(18-22-10-8-9-11-25(22)30)33-27-21-28-26-12-13-29-32(37(6,7)16-15-36(29,4)5)34(26)39-31(28)20-23(27)14-17-38-33;1-5-9(6-2)11(14)13(16)12(15)10(7-3)8-4;/h8-14,17,19-21H,15-16H2,1-7H3;9-10,14,16H,5-8H2,1-4H3;/q-1;;/b;13-11+;. The van der Waals surface area contributed by atoms with Gasteiger partial charge >= 0.3 is 0 Å². The number of rotatable bonds is 8. The Morgan fingerprint density at radius 1 is 0.804 bits per heavy atom. The van der Waals surface area contributed by atoms with Crippen LogP contribution in [0, 0.1) is 17.9 Å². The quantitative estimate of drug-likeness (QED) is 0.0906. The predicted octanol–water partition coefficient (Wildman–Crippen LogP) is 14.6. The van der Waals surface area contributed by atoms with Crippen molar-refractivity contribution in [3.05, 3.63) is 101 Å². The number of fused-ring (bicyclic) bond motifs is 7. The second-order valence-corrected chi connectivity index (χ2v) is 19.0. The number of thiophene rings is 1. The molecule has 7 rings (SSSR count). The number of benzene rings is 4. The fourth-order valence-corrected chi connectivity index (χ4v) is 10.1. The Labute approximate surface area is 352 Å². The van der Waals surface area contributed by atoms with E-state index in [1.54, 1.807) is 5.56 Å². The summed E-state index contributed by atoms with van der Waals surface area (Å²) in [5.41, 5.74) is 6.94. The van der Waals surface area contributed by atoms with E-state index < -0.39 is 5.76 Å². The van der Waals surface area contributed by atoms with E-state index >= 15 is 0 Å². The van der Waals surface area contributed by atoms with Crippen LogP contribution in [0.25, 0.3) is 53.0 Å². The molecule has 1 aliphatic rings. The average molecular weight is 947 g/mol. The number of pyridine rings is 1. The van der Waals surface area contributed by atoms with Crippen LogP contribution < -0.4 is 0 Å². The number of aliphatic hydroxyl groups is 2. The van der Waals surface area contributed by atoms with Crippen LogP contribution in [0.15, 0.2) is 78.4 Å². The van der Waals surface area contributed by atoms with Gasteiger partial charge in [0.2, 0.25) is 5.78 Å². The molecule has 1 radical (unpaired) electrons. The third-order valence-electron chi connectivity index (χ3n) is 12.3. The number of hydrogen-bond donors (Lipinski definition) is 2. The van der Waals surface area contributed by atoms with Crippen LogP contribution >= 0.6 is 11.3 Å². The van der Waals surface area contributed by atoms with Gasteiger partial charge in [0.25, 0.3) is 0 Å². The molecular formula is C50H60IrNO3S-. The number of Topliss-reactive ketones (excluding diaryl/α,β-unsaturated/α-hetero) is 1. The van der Waals surface area contributed by atoms with Gasteiger partial charge in [0, 0.05) is 64.0 Å². The van der Waals surface area contributed by atoms with Gasteiger partial charge in [0.05, 0.1) is 0 Å². The fourth-order valence-electron chi connectivity index (χ4n) is 8.67. The Balaban J connectivity index is 0.000000302. The summed E-state index contributed by atoms with van der Waals surface area (Å²) in [6.07, 6.45) is 7.26. The number of ketones is 1. The SMILES string of the molecule is CC(C)(C)c1cc(-c2nccc3cc4sc5c6c(ccc5c4cc23)C(C)(C)CCC6(C)C)[c-]c2ccccc12.CCC(CC)C(=O)/C(O)=C(\O)C(CC)CC.[Ir]. The van der Waals surface area contributed by atoms with Crippen molar-refractivity contribution in [3.63, 3.8) is 0 Å². The number of aromatic nitrogens is 1. The van der Waals surface area contributed by atoms with Crippen molar-refractivity contribution >= 4 is 58.8 Å². The minimum Gasteiger partial charge on any atom is -0.508 e. The minimum absolute atomic E-state index is 0. The molecule has 1 aliphatic carbocycles. The monoisotopic (exact) mass is 947 g/mol. The molecule has 0 amide bonds. The fraction of sp³-hybridized carbons (Fsp3) is 0.440. The first-order valence-electron chi connectivity index (χ1n) is 20.4. The Morgan fingerprint density at radius 3 is 2.09 bits per heavy atom. The number of carbonyl (C=O) groups is 1. The second-order valence-electron chi connectivity index (χ2n) is 18.0. The van der Waals surface area contributed by atoms with Crippen LogP contribution in [0.5, 0.6) is 0 Å². The first-order valence-corrected chi connectivity index (χ1v) is 21.2. The molecule has 2 heterocycles. The van der Waals surface area contributed by atoms with Gasteiger partial charge in [-0.05, 0) is 88.8 Å². The van der Waals surface area contributed by atoms with Gasteiger partial charge in [-0.1, -0.05) is 124 Å². The Morgan fingerprint density at radius 2 is 1.45 bits per heavy atom. The molecule has 2 aromatic heterocycles. The van der Waals surface area contributed by atoms with Crippen molar-refractivity contribution in [2.75, 3.05) is 0 Å². The van der Waals surface area contributed by atoms with Crippen LogP contribution in [0.2, 0.25) is 0 Å². The molecule has 4 aromatic carbocycles.